The van der Waals surface area contributed by atoms with Gasteiger partial charge in [-0.2, -0.15) is 0 Å². The number of nitrogens with zero attached hydrogens (tertiary/aromatic N) is 3. The number of carboxylic acids is 4. The summed E-state index contributed by atoms with van der Waals surface area (Å²) >= 11 is 0. The van der Waals surface area contributed by atoms with Crippen molar-refractivity contribution in [1.29, 1.82) is 0 Å². The number of carbonyl (C=O) groups excluding carboxylic acids is 5. The van der Waals surface area contributed by atoms with Crippen LogP contribution in [0.2, 0.25) is 0 Å². The molecule has 1 unspecified atom stereocenters. The Kier molecular flexibility index (Phi) is 38.7. The summed E-state index contributed by atoms with van der Waals surface area (Å²) in [5, 5.41) is 58.6. The lowest BCUT2D eigenvalue weighted by molar-refractivity contribution is -0.143. The number of unbranched alkanes of at least 4 members (excludes halogenated alkanes) is 19. The number of hydrogen-bond donors (Lipinski definition) is 9. The second kappa shape index (κ2) is 46.1. The summed E-state index contributed by atoms with van der Waals surface area (Å²) in [5.74, 6) is -6.30. The molecule has 0 radical (unpaired) electrons. The molecular weight excluding hydrogens is 1170 g/mol. The van der Waals surface area contributed by atoms with Crippen molar-refractivity contribution in [2.75, 3.05) is 105 Å². The first-order valence-corrected chi connectivity index (χ1v) is 33.2. The molecule has 0 aromatic heterocycles. The molecule has 0 aliphatic heterocycles. The van der Waals surface area contributed by atoms with Crippen LogP contribution >= 0.6 is 0 Å². The monoisotopic (exact) mass is 1270 g/mol. The standard InChI is InChI=1S/C68H104N8O15/c1-2-3-4-5-6-7-8-9-10-11-14-18-21-27-59(78)72-46-57(73-60(79)28-22-19-16-13-12-15-17-20-26-58(77)71-45-55-32-31-54-30-29-52-24-23-25-53-33-34-56(55)67(54)66(52)53)68(89)70-36-42-91-44-43-90-41-35-69-61(80)47-75(49-63(83)84)39-37-74(48-62(81)82)38-40-76(50-64(85)86)51-65(87)88/h23-25,29-34,57H,2-22,26-28,35-51H2,1H3,(H,69,80)(H,70,89)(H,71,77)(H,72,78)(H,73,79)(H,81,82)(H,83,84)(H,85,86)(H,87,88). The SMILES string of the molecule is CCCCCCCCCCCCCCCC(=O)NCC(NC(=O)CCCCCCCCCCC(=O)NCc1ccc2ccc3cccc4ccc1c2c34)C(=O)NCCOCCOCCNC(=O)CN(CCN(CCN(CC(=O)O)CC(=O)O)CC(=O)O)CC(=O)O. The molecule has 0 aliphatic carbocycles. The Labute approximate surface area is 536 Å². The molecule has 0 spiro atoms. The maximum atomic E-state index is 13.4. The molecule has 4 aromatic carbocycles. The summed E-state index contributed by atoms with van der Waals surface area (Å²) in [6, 6.07) is 18.3. The van der Waals surface area contributed by atoms with Crippen molar-refractivity contribution >= 4 is 85.7 Å². The quantitative estimate of drug-likeness (QED) is 0.0151. The number of hydrogen-bond acceptors (Lipinski definition) is 14. The molecular formula is C68H104N8O15. The highest BCUT2D eigenvalue weighted by molar-refractivity contribution is 6.23. The van der Waals surface area contributed by atoms with Gasteiger partial charge in [-0.15, -0.1) is 0 Å². The van der Waals surface area contributed by atoms with Gasteiger partial charge in [0.25, 0.3) is 0 Å². The molecule has 0 bridgehead atoms. The number of rotatable bonds is 56. The predicted molar refractivity (Wildman–Crippen MR) is 351 cm³/mol. The summed E-state index contributed by atoms with van der Waals surface area (Å²) < 4.78 is 11.2. The Morgan fingerprint density at radius 3 is 1.32 bits per heavy atom. The second-order valence-corrected chi connectivity index (χ2v) is 23.7. The molecule has 0 heterocycles. The number of benzene rings is 4. The zero-order valence-corrected chi connectivity index (χ0v) is 53.9. The first kappa shape index (κ1) is 76.4. The highest BCUT2D eigenvalue weighted by Gasteiger charge is 2.23. The van der Waals surface area contributed by atoms with E-state index in [0.717, 1.165) is 81.1 Å². The van der Waals surface area contributed by atoms with Crippen LogP contribution in [0.4, 0.5) is 0 Å². The lowest BCUT2D eigenvalue weighted by atomic mass is 9.92. The normalized spacial score (nSPS) is 11.9. The lowest BCUT2D eigenvalue weighted by Crippen LogP contribution is -2.53. The van der Waals surface area contributed by atoms with Gasteiger partial charge in [-0.25, -0.2) is 0 Å². The van der Waals surface area contributed by atoms with E-state index in [0.29, 0.717) is 25.8 Å². The number of aliphatic carboxylic acids is 4. The Balaban J connectivity index is 1.09. The fourth-order valence-electron chi connectivity index (χ4n) is 11.2. The Morgan fingerprint density at radius 1 is 0.407 bits per heavy atom. The van der Waals surface area contributed by atoms with Crippen molar-refractivity contribution in [3.63, 3.8) is 0 Å². The van der Waals surface area contributed by atoms with E-state index in [9.17, 15) is 53.4 Å². The topological polar surface area (TPSA) is 323 Å². The Morgan fingerprint density at radius 2 is 0.813 bits per heavy atom. The van der Waals surface area contributed by atoms with E-state index in [-0.39, 0.29) is 103 Å². The molecule has 5 amide bonds. The van der Waals surface area contributed by atoms with Gasteiger partial charge in [-0.1, -0.05) is 177 Å². The summed E-state index contributed by atoms with van der Waals surface area (Å²) in [5.41, 5.74) is 1.11. The zero-order valence-electron chi connectivity index (χ0n) is 53.9. The average Bonchev–Trinajstić information content (AvgIpc) is 0.755. The summed E-state index contributed by atoms with van der Waals surface area (Å²) in [7, 11) is 0. The average molecular weight is 1270 g/mol. The van der Waals surface area contributed by atoms with Crippen LogP contribution in [0, 0.1) is 0 Å². The maximum Gasteiger partial charge on any atom is 0.317 e. The van der Waals surface area contributed by atoms with Gasteiger partial charge in [-0.05, 0) is 57.1 Å². The van der Waals surface area contributed by atoms with E-state index in [1.54, 1.807) is 0 Å². The van der Waals surface area contributed by atoms with Crippen LogP contribution in [0.5, 0.6) is 0 Å². The van der Waals surface area contributed by atoms with Gasteiger partial charge in [0.05, 0.1) is 59.2 Å². The number of amides is 5. The van der Waals surface area contributed by atoms with Crippen LogP contribution in [0.3, 0.4) is 0 Å². The minimum atomic E-state index is -1.26. The number of nitrogens with one attached hydrogen (secondary N) is 5. The van der Waals surface area contributed by atoms with Gasteiger partial charge in [0.1, 0.15) is 6.04 Å². The van der Waals surface area contributed by atoms with Crippen molar-refractivity contribution in [3.8, 4) is 0 Å². The molecule has 4 rings (SSSR count). The third kappa shape index (κ3) is 33.7. The Hall–Kier alpha value is -7.05. The largest absolute Gasteiger partial charge is 0.480 e. The van der Waals surface area contributed by atoms with E-state index >= 15 is 0 Å². The summed E-state index contributed by atoms with van der Waals surface area (Å²) in [6.07, 6.45) is 24.0. The fraction of sp³-hybridized carbons (Fsp3) is 0.632. The van der Waals surface area contributed by atoms with E-state index in [1.165, 1.54) is 99.9 Å². The maximum absolute atomic E-state index is 13.4. The molecule has 0 fully saturated rings. The van der Waals surface area contributed by atoms with Crippen molar-refractivity contribution in [2.45, 2.75) is 174 Å². The molecule has 0 saturated heterocycles. The van der Waals surface area contributed by atoms with E-state index in [1.807, 2.05) is 0 Å². The molecule has 506 valence electrons. The lowest BCUT2D eigenvalue weighted by Gasteiger charge is -2.27. The molecule has 9 N–H and O–H groups in total. The second-order valence-electron chi connectivity index (χ2n) is 23.7. The van der Waals surface area contributed by atoms with Crippen LogP contribution in [0.1, 0.15) is 167 Å². The smallest absolute Gasteiger partial charge is 0.317 e. The van der Waals surface area contributed by atoms with Gasteiger partial charge in [0, 0.05) is 71.6 Å². The Bertz CT molecular complexity index is 2790. The van der Waals surface area contributed by atoms with Crippen LogP contribution in [0.15, 0.2) is 54.6 Å². The predicted octanol–water partition coefficient (Wildman–Crippen LogP) is 7.69. The highest BCUT2D eigenvalue weighted by atomic mass is 16.5. The summed E-state index contributed by atoms with van der Waals surface area (Å²) in [4.78, 5) is 114. The molecule has 0 aliphatic rings. The zero-order chi connectivity index (χ0) is 65.9. The highest BCUT2D eigenvalue weighted by Crippen LogP contribution is 2.36. The van der Waals surface area contributed by atoms with Gasteiger partial charge in [0.15, 0.2) is 0 Å². The number of carboxylic acid groups (broad SMARTS) is 4. The molecule has 1 atom stereocenters. The van der Waals surface area contributed by atoms with Crippen molar-refractivity contribution in [2.24, 2.45) is 0 Å². The summed E-state index contributed by atoms with van der Waals surface area (Å²) in [6.45, 7) is 0.772. The third-order valence-electron chi connectivity index (χ3n) is 16.1. The van der Waals surface area contributed by atoms with Crippen molar-refractivity contribution in [1.82, 2.24) is 41.3 Å². The minimum absolute atomic E-state index is 0.00869. The third-order valence-corrected chi connectivity index (χ3v) is 16.1. The minimum Gasteiger partial charge on any atom is -0.480 e. The molecule has 23 nitrogen and oxygen atoms in total. The molecule has 0 saturated carbocycles. The van der Waals surface area contributed by atoms with E-state index in [2.05, 4.69) is 88.1 Å². The van der Waals surface area contributed by atoms with E-state index < -0.39 is 67.9 Å². The van der Waals surface area contributed by atoms with Crippen molar-refractivity contribution < 1.29 is 73.1 Å². The molecule has 4 aromatic rings. The van der Waals surface area contributed by atoms with Gasteiger partial charge >= 0.3 is 23.9 Å². The molecule has 91 heavy (non-hydrogen) atoms. The van der Waals surface area contributed by atoms with Crippen LogP contribution < -0.4 is 26.6 Å². The van der Waals surface area contributed by atoms with Crippen LogP contribution in [-0.2, 0) is 59.2 Å². The van der Waals surface area contributed by atoms with Crippen LogP contribution in [-0.4, -0.2) is 200 Å². The van der Waals surface area contributed by atoms with E-state index in [4.69, 9.17) is 19.7 Å². The van der Waals surface area contributed by atoms with Gasteiger partial charge in [0.2, 0.25) is 29.5 Å². The van der Waals surface area contributed by atoms with Crippen LogP contribution in [0.25, 0.3) is 32.3 Å². The number of carbonyl (C=O) groups is 9. The molecule has 23 heteroatoms. The van der Waals surface area contributed by atoms with Gasteiger partial charge in [-0.3, -0.25) is 57.9 Å². The first-order valence-electron chi connectivity index (χ1n) is 33.2. The fourth-order valence-corrected chi connectivity index (χ4v) is 11.2. The van der Waals surface area contributed by atoms with Crippen molar-refractivity contribution in [3.05, 3.63) is 60.2 Å². The number of ether oxygens (including phenoxy) is 2. The first-order chi connectivity index (χ1) is 44.0. The van der Waals surface area contributed by atoms with Gasteiger partial charge < -0.3 is 56.5 Å².